The first-order valence-electron chi connectivity index (χ1n) is 7.18. The maximum atomic E-state index is 14.0. The molecular weight excluding hydrogens is 340 g/mol. The van der Waals surface area contributed by atoms with Crippen LogP contribution >= 0.6 is 19.2 Å². The molecule has 1 heterocycles. The van der Waals surface area contributed by atoms with Crippen molar-refractivity contribution in [2.75, 3.05) is 4.72 Å². The van der Waals surface area contributed by atoms with Crippen LogP contribution < -0.4 is 9.25 Å². The number of carbonyl (C=O) groups is 1. The Bertz CT molecular complexity index is 586. The number of carbonyl (C=O) groups excluding carboxylic acids is 1. The molecule has 0 amide bonds. The Morgan fingerprint density at radius 2 is 1.70 bits per heavy atom. The zero-order valence-corrected chi connectivity index (χ0v) is 15.9. The molecular formula is C15H23FNO4PS. The van der Waals surface area contributed by atoms with E-state index in [-0.39, 0.29) is 0 Å². The Hall–Kier alpha value is -0.880. The van der Waals surface area contributed by atoms with Crippen LogP contribution in [0.2, 0.25) is 0 Å². The minimum absolute atomic E-state index is 0.328. The lowest BCUT2D eigenvalue weighted by molar-refractivity contribution is 0.0504. The fourth-order valence-electron chi connectivity index (χ4n) is 1.74. The Labute approximate surface area is 139 Å². The van der Waals surface area contributed by atoms with Gasteiger partial charge in [-0.3, -0.25) is 13.8 Å². The van der Waals surface area contributed by atoms with Crippen molar-refractivity contribution in [3.63, 3.8) is 0 Å². The second-order valence-electron chi connectivity index (χ2n) is 7.16. The van der Waals surface area contributed by atoms with Crippen LogP contribution in [0.3, 0.4) is 0 Å². The average Bonchev–Trinajstić information content (AvgIpc) is 2.33. The van der Waals surface area contributed by atoms with Crippen molar-refractivity contribution in [3.8, 4) is 5.75 Å². The van der Waals surface area contributed by atoms with E-state index in [0.717, 1.165) is 0 Å². The van der Waals surface area contributed by atoms with Crippen LogP contribution in [0.25, 0.3) is 0 Å². The maximum absolute atomic E-state index is 14.0. The molecule has 0 aromatic heterocycles. The molecule has 1 N–H and O–H groups in total. The van der Waals surface area contributed by atoms with Crippen molar-refractivity contribution in [2.24, 2.45) is 0 Å². The molecule has 0 aliphatic carbocycles. The molecule has 8 heteroatoms. The second kappa shape index (κ2) is 6.20. The summed E-state index contributed by atoms with van der Waals surface area (Å²) >= 11 is 0. The topological polar surface area (TPSA) is 56.8 Å². The highest BCUT2D eigenvalue weighted by Gasteiger charge is 2.38. The van der Waals surface area contributed by atoms with Gasteiger partial charge in [-0.15, -0.1) is 0 Å². The van der Waals surface area contributed by atoms with Crippen molar-refractivity contribution >= 4 is 30.5 Å². The van der Waals surface area contributed by atoms with Gasteiger partial charge in [0.15, 0.2) is 0 Å². The van der Waals surface area contributed by atoms with Gasteiger partial charge in [0.05, 0.1) is 32.4 Å². The molecule has 5 nitrogen and oxygen atoms in total. The minimum atomic E-state index is -2.98. The van der Waals surface area contributed by atoms with Crippen molar-refractivity contribution in [1.29, 1.82) is 0 Å². The van der Waals surface area contributed by atoms with Gasteiger partial charge < -0.3 is 9.25 Å². The molecule has 0 saturated carbocycles. The van der Waals surface area contributed by atoms with Gasteiger partial charge in [0.25, 0.3) is 0 Å². The van der Waals surface area contributed by atoms with E-state index >= 15 is 0 Å². The van der Waals surface area contributed by atoms with Gasteiger partial charge in [-0.25, -0.2) is 0 Å². The van der Waals surface area contributed by atoms with Gasteiger partial charge in [-0.2, -0.15) is 3.89 Å². The minimum Gasteiger partial charge on any atom is -0.427 e. The lowest BCUT2D eigenvalue weighted by atomic mass is 10.2. The predicted octanol–water partition coefficient (Wildman–Crippen LogP) is 5.50. The monoisotopic (exact) mass is 363 g/mol. The summed E-state index contributed by atoms with van der Waals surface area (Å²) in [5, 5.41) is 0. The zero-order chi connectivity index (χ0) is 17.5. The smallest absolute Gasteiger partial charge is 0.398 e. The summed E-state index contributed by atoms with van der Waals surface area (Å²) < 4.78 is 34.0. The van der Waals surface area contributed by atoms with Crippen LogP contribution in [0, 0.1) is 0 Å². The van der Waals surface area contributed by atoms with Crippen LogP contribution in [0.5, 0.6) is 5.75 Å². The van der Waals surface area contributed by atoms with E-state index in [1.54, 1.807) is 18.2 Å². The summed E-state index contributed by atoms with van der Waals surface area (Å²) in [4.78, 5) is 11.2. The Morgan fingerprint density at radius 1 is 1.13 bits per heavy atom. The molecule has 0 saturated heterocycles. The number of hydrogen-bond acceptors (Lipinski definition) is 5. The number of anilines is 1. The average molecular weight is 363 g/mol. The van der Waals surface area contributed by atoms with E-state index in [9.17, 15) is 8.68 Å². The number of fused-ring (bicyclic) bond motifs is 1. The number of halogens is 1. The van der Waals surface area contributed by atoms with Crippen LogP contribution in [0.1, 0.15) is 41.5 Å². The van der Waals surface area contributed by atoms with Gasteiger partial charge in [0.1, 0.15) is 5.75 Å². The van der Waals surface area contributed by atoms with E-state index in [1.165, 1.54) is 0 Å². The fraction of sp³-hybridized carbons (Fsp3) is 0.533. The lowest BCUT2D eigenvalue weighted by Crippen LogP contribution is -2.23. The molecule has 0 fully saturated rings. The normalized spacial score (nSPS) is 23.3. The highest BCUT2D eigenvalue weighted by atomic mass is 32.3. The standard InChI is InChI=1S/C15H23FNO4PS/c1-14(2,3)20-22(21-15(4,5)6)19-11-7-8-13-12(9-11)17-23(13,16)10-18/h7-10,17H,1-6H3. The number of hydrogen-bond donors (Lipinski definition) is 1. The Kier molecular flexibility index (Phi) is 4.98. The molecule has 2 rings (SSSR count). The van der Waals surface area contributed by atoms with Crippen molar-refractivity contribution in [2.45, 2.75) is 57.6 Å². The second-order valence-corrected chi connectivity index (χ2v) is 10.2. The van der Waals surface area contributed by atoms with Gasteiger partial charge >= 0.3 is 8.60 Å². The third-order valence-corrected chi connectivity index (χ3v) is 6.07. The Morgan fingerprint density at radius 3 is 2.13 bits per heavy atom. The summed E-state index contributed by atoms with van der Waals surface area (Å²) in [7, 11) is -4.61. The summed E-state index contributed by atoms with van der Waals surface area (Å²) in [6, 6.07) is 4.83. The highest BCUT2D eigenvalue weighted by Crippen LogP contribution is 2.66. The predicted molar refractivity (Wildman–Crippen MR) is 93.0 cm³/mol. The van der Waals surface area contributed by atoms with Gasteiger partial charge in [-0.05, 0) is 53.7 Å². The van der Waals surface area contributed by atoms with Gasteiger partial charge in [0.2, 0.25) is 5.62 Å². The summed E-state index contributed by atoms with van der Waals surface area (Å²) in [5.41, 5.74) is 0.0395. The summed E-state index contributed by atoms with van der Waals surface area (Å²) in [6.45, 7) is 11.5. The van der Waals surface area contributed by atoms with Crippen LogP contribution in [0.15, 0.2) is 23.1 Å². The summed E-state index contributed by atoms with van der Waals surface area (Å²) in [6.07, 6.45) is 0. The number of rotatable bonds is 5. The maximum Gasteiger partial charge on any atom is 0.398 e. The van der Waals surface area contributed by atoms with E-state index in [4.69, 9.17) is 13.6 Å². The zero-order valence-electron chi connectivity index (χ0n) is 14.2. The Balaban J connectivity index is 2.14. The first kappa shape index (κ1) is 18.5. The molecule has 0 radical (unpaired) electrons. The molecule has 23 heavy (non-hydrogen) atoms. The van der Waals surface area contributed by atoms with Crippen molar-refractivity contribution in [3.05, 3.63) is 18.2 Å². The molecule has 0 spiro atoms. The van der Waals surface area contributed by atoms with Crippen LogP contribution in [0.4, 0.5) is 9.57 Å². The molecule has 1 atom stereocenters. The quantitative estimate of drug-likeness (QED) is 0.553. The van der Waals surface area contributed by atoms with Gasteiger partial charge in [0, 0.05) is 6.07 Å². The number of benzene rings is 1. The highest BCUT2D eigenvalue weighted by molar-refractivity contribution is 8.42. The van der Waals surface area contributed by atoms with E-state index in [0.29, 0.717) is 22.0 Å². The lowest BCUT2D eigenvalue weighted by Gasteiger charge is -2.38. The van der Waals surface area contributed by atoms with E-state index < -0.39 is 30.4 Å². The van der Waals surface area contributed by atoms with Crippen molar-refractivity contribution < 1.29 is 22.3 Å². The molecule has 0 bridgehead atoms. The third kappa shape index (κ3) is 4.80. The SMILES string of the molecule is CC(C)(C)OP(Oc1ccc2c(c1)NS2(F)C=O)OC(C)(C)C. The molecule has 1 aliphatic rings. The van der Waals surface area contributed by atoms with Crippen LogP contribution in [-0.4, -0.2) is 16.8 Å². The van der Waals surface area contributed by atoms with E-state index in [2.05, 4.69) is 4.72 Å². The first-order valence-corrected chi connectivity index (χ1v) is 9.87. The third-order valence-electron chi connectivity index (χ3n) is 2.54. The molecule has 1 aromatic rings. The van der Waals surface area contributed by atoms with Crippen LogP contribution in [-0.2, 0) is 13.8 Å². The largest absolute Gasteiger partial charge is 0.427 e. The number of nitrogens with one attached hydrogen (secondary N) is 1. The molecule has 1 unspecified atom stereocenters. The first-order chi connectivity index (χ1) is 10.4. The van der Waals surface area contributed by atoms with Gasteiger partial charge in [-0.1, -0.05) is 0 Å². The van der Waals surface area contributed by atoms with Crippen molar-refractivity contribution in [1.82, 2.24) is 0 Å². The summed E-state index contributed by atoms with van der Waals surface area (Å²) in [5.74, 6) is 0.503. The molecule has 1 aliphatic heterocycles. The fourth-order valence-corrected chi connectivity index (χ4v) is 4.32. The molecule has 130 valence electrons. The molecule has 1 aromatic carbocycles. The van der Waals surface area contributed by atoms with E-state index in [1.807, 2.05) is 41.5 Å².